The summed E-state index contributed by atoms with van der Waals surface area (Å²) >= 11 is 0. The zero-order valence-electron chi connectivity index (χ0n) is 17.6. The molecule has 9 nitrogen and oxygen atoms in total. The Labute approximate surface area is 184 Å². The van der Waals surface area contributed by atoms with Crippen molar-refractivity contribution in [1.29, 1.82) is 5.26 Å². The van der Waals surface area contributed by atoms with Crippen molar-refractivity contribution >= 4 is 17.8 Å². The lowest BCUT2D eigenvalue weighted by Gasteiger charge is -2.34. The Bertz CT molecular complexity index is 1120. The Morgan fingerprint density at radius 3 is 2.53 bits per heavy atom. The molecule has 4 rings (SSSR count). The largest absolute Gasteiger partial charge is 0.459 e. The Morgan fingerprint density at radius 1 is 1.16 bits per heavy atom. The summed E-state index contributed by atoms with van der Waals surface area (Å²) in [5.41, 5.74) is 1.71. The topological polar surface area (TPSA) is 113 Å². The van der Waals surface area contributed by atoms with Gasteiger partial charge in [-0.15, -0.1) is 0 Å². The molecule has 1 aliphatic heterocycles. The number of nitriles is 1. The molecule has 1 aliphatic rings. The van der Waals surface area contributed by atoms with Crippen LogP contribution in [0.15, 0.2) is 51.5 Å². The molecule has 32 heavy (non-hydrogen) atoms. The van der Waals surface area contributed by atoms with Crippen LogP contribution < -0.4 is 4.90 Å². The van der Waals surface area contributed by atoms with Gasteiger partial charge in [0.05, 0.1) is 11.8 Å². The molecule has 164 valence electrons. The SMILES string of the molecule is CCc1ccc(C(=O)OCC(=O)N2CCN(c3oc(-c4ccco4)nc3C#N)CC2)cc1. The van der Waals surface area contributed by atoms with Gasteiger partial charge in [-0.3, -0.25) is 4.79 Å². The number of anilines is 1. The number of carbonyl (C=O) groups is 2. The monoisotopic (exact) mass is 434 g/mol. The average molecular weight is 434 g/mol. The molecule has 0 radical (unpaired) electrons. The van der Waals surface area contributed by atoms with Crippen molar-refractivity contribution in [2.45, 2.75) is 13.3 Å². The van der Waals surface area contributed by atoms with Crippen molar-refractivity contribution in [1.82, 2.24) is 9.88 Å². The van der Waals surface area contributed by atoms with Gasteiger partial charge in [-0.25, -0.2) is 4.79 Å². The normalized spacial score (nSPS) is 13.6. The van der Waals surface area contributed by atoms with E-state index >= 15 is 0 Å². The highest BCUT2D eigenvalue weighted by Crippen LogP contribution is 2.29. The van der Waals surface area contributed by atoms with Gasteiger partial charge in [-0.2, -0.15) is 10.2 Å². The van der Waals surface area contributed by atoms with Gasteiger partial charge in [0.2, 0.25) is 11.6 Å². The predicted molar refractivity (Wildman–Crippen MR) is 114 cm³/mol. The van der Waals surface area contributed by atoms with E-state index in [4.69, 9.17) is 13.6 Å². The van der Waals surface area contributed by atoms with Crippen molar-refractivity contribution in [2.24, 2.45) is 0 Å². The summed E-state index contributed by atoms with van der Waals surface area (Å²) in [6.45, 7) is 3.45. The van der Waals surface area contributed by atoms with E-state index in [0.29, 0.717) is 43.4 Å². The van der Waals surface area contributed by atoms with Crippen LogP contribution in [0.3, 0.4) is 0 Å². The molecule has 2 aromatic heterocycles. The molecule has 1 amide bonds. The van der Waals surface area contributed by atoms with E-state index < -0.39 is 5.97 Å². The smallest absolute Gasteiger partial charge is 0.338 e. The van der Waals surface area contributed by atoms with Crippen molar-refractivity contribution < 1.29 is 23.2 Å². The van der Waals surface area contributed by atoms with Gasteiger partial charge in [0.1, 0.15) is 6.07 Å². The Morgan fingerprint density at radius 2 is 1.91 bits per heavy atom. The number of aryl methyl sites for hydroxylation is 1. The minimum atomic E-state index is -0.523. The zero-order chi connectivity index (χ0) is 22.5. The average Bonchev–Trinajstić information content (AvgIpc) is 3.52. The molecule has 1 fully saturated rings. The molecule has 1 saturated heterocycles. The Kier molecular flexibility index (Phi) is 6.22. The lowest BCUT2D eigenvalue weighted by atomic mass is 10.1. The number of hydrogen-bond donors (Lipinski definition) is 0. The number of esters is 1. The number of carbonyl (C=O) groups excluding carboxylic acids is 2. The van der Waals surface area contributed by atoms with Gasteiger partial charge in [-0.1, -0.05) is 19.1 Å². The van der Waals surface area contributed by atoms with Crippen molar-refractivity contribution in [3.63, 3.8) is 0 Å². The number of benzene rings is 1. The van der Waals surface area contributed by atoms with Crippen molar-refractivity contribution in [3.8, 4) is 17.7 Å². The molecule has 3 aromatic rings. The number of piperazine rings is 1. The molecule has 0 atom stereocenters. The van der Waals surface area contributed by atoms with E-state index in [0.717, 1.165) is 12.0 Å². The third-order valence-corrected chi connectivity index (χ3v) is 5.29. The van der Waals surface area contributed by atoms with Crippen LogP contribution in [0.2, 0.25) is 0 Å². The first-order valence-corrected chi connectivity index (χ1v) is 10.3. The highest BCUT2D eigenvalue weighted by atomic mass is 16.5. The summed E-state index contributed by atoms with van der Waals surface area (Å²) in [7, 11) is 0. The summed E-state index contributed by atoms with van der Waals surface area (Å²) in [6.07, 6.45) is 2.39. The molecule has 0 N–H and O–H groups in total. The van der Waals surface area contributed by atoms with Crippen LogP contribution in [-0.4, -0.2) is 54.5 Å². The van der Waals surface area contributed by atoms with Gasteiger partial charge in [0.15, 0.2) is 12.4 Å². The van der Waals surface area contributed by atoms with Crippen LogP contribution in [-0.2, 0) is 16.0 Å². The van der Waals surface area contributed by atoms with Gasteiger partial charge in [-0.05, 0) is 36.2 Å². The summed E-state index contributed by atoms with van der Waals surface area (Å²) < 4.78 is 16.2. The molecular weight excluding hydrogens is 412 g/mol. The van der Waals surface area contributed by atoms with E-state index in [1.165, 1.54) is 6.26 Å². The highest BCUT2D eigenvalue weighted by molar-refractivity contribution is 5.91. The maximum Gasteiger partial charge on any atom is 0.338 e. The maximum atomic E-state index is 12.5. The second kappa shape index (κ2) is 9.39. The fourth-order valence-electron chi connectivity index (χ4n) is 3.44. The molecular formula is C23H22N4O5. The van der Waals surface area contributed by atoms with Gasteiger partial charge in [0, 0.05) is 26.2 Å². The van der Waals surface area contributed by atoms with Crippen LogP contribution in [0.4, 0.5) is 5.88 Å². The zero-order valence-corrected chi connectivity index (χ0v) is 17.6. The second-order valence-electron chi connectivity index (χ2n) is 7.26. The summed E-state index contributed by atoms with van der Waals surface area (Å²) in [5.74, 6) is 0.238. The Balaban J connectivity index is 1.31. The van der Waals surface area contributed by atoms with E-state index in [1.807, 2.05) is 30.0 Å². The number of hydrogen-bond acceptors (Lipinski definition) is 8. The Hall–Kier alpha value is -4.06. The van der Waals surface area contributed by atoms with Crippen LogP contribution >= 0.6 is 0 Å². The molecule has 3 heterocycles. The third-order valence-electron chi connectivity index (χ3n) is 5.29. The van der Waals surface area contributed by atoms with E-state index in [-0.39, 0.29) is 24.1 Å². The lowest BCUT2D eigenvalue weighted by Crippen LogP contribution is -2.50. The fourth-order valence-corrected chi connectivity index (χ4v) is 3.44. The number of oxazole rings is 1. The molecule has 0 unspecified atom stereocenters. The van der Waals surface area contributed by atoms with Gasteiger partial charge < -0.3 is 23.4 Å². The third kappa shape index (κ3) is 4.49. The van der Waals surface area contributed by atoms with E-state index in [9.17, 15) is 14.9 Å². The summed E-state index contributed by atoms with van der Waals surface area (Å²) in [6, 6.07) is 12.6. The molecule has 9 heteroatoms. The second-order valence-corrected chi connectivity index (χ2v) is 7.26. The van der Waals surface area contributed by atoms with E-state index in [2.05, 4.69) is 4.98 Å². The predicted octanol–water partition coefficient (Wildman–Crippen LogP) is 2.87. The molecule has 0 aliphatic carbocycles. The number of furan rings is 1. The van der Waals surface area contributed by atoms with E-state index in [1.54, 1.807) is 29.2 Å². The van der Waals surface area contributed by atoms with Gasteiger partial charge in [0.25, 0.3) is 11.8 Å². The number of ether oxygens (including phenoxy) is 1. The maximum absolute atomic E-state index is 12.5. The first kappa shape index (κ1) is 21.2. The van der Waals surface area contributed by atoms with Crippen LogP contribution in [0, 0.1) is 11.3 Å². The molecule has 0 bridgehead atoms. The highest BCUT2D eigenvalue weighted by Gasteiger charge is 2.27. The number of nitrogens with zero attached hydrogens (tertiary/aromatic N) is 4. The first-order chi connectivity index (χ1) is 15.6. The molecule has 0 spiro atoms. The quantitative estimate of drug-likeness (QED) is 0.544. The van der Waals surface area contributed by atoms with Crippen LogP contribution in [0.5, 0.6) is 0 Å². The van der Waals surface area contributed by atoms with Crippen molar-refractivity contribution in [2.75, 3.05) is 37.7 Å². The number of amides is 1. The minimum Gasteiger partial charge on any atom is -0.459 e. The summed E-state index contributed by atoms with van der Waals surface area (Å²) in [5, 5.41) is 9.40. The fraction of sp³-hybridized carbons (Fsp3) is 0.304. The summed E-state index contributed by atoms with van der Waals surface area (Å²) in [4.78, 5) is 32.3. The molecule has 1 aromatic carbocycles. The van der Waals surface area contributed by atoms with Gasteiger partial charge >= 0.3 is 5.97 Å². The number of rotatable bonds is 6. The van der Waals surface area contributed by atoms with Crippen LogP contribution in [0.25, 0.3) is 11.7 Å². The van der Waals surface area contributed by atoms with Crippen LogP contribution in [0.1, 0.15) is 28.5 Å². The standard InChI is InChI=1S/C23H22N4O5/c1-2-16-5-7-17(8-6-16)23(29)31-15-20(28)26-9-11-27(12-10-26)22-18(14-24)25-21(32-22)19-4-3-13-30-19/h3-8,13H,2,9-12,15H2,1H3. The first-order valence-electron chi connectivity index (χ1n) is 10.3. The molecule has 0 saturated carbocycles. The number of aromatic nitrogens is 1. The minimum absolute atomic E-state index is 0.166. The lowest BCUT2D eigenvalue weighted by molar-refractivity contribution is -0.134. The van der Waals surface area contributed by atoms with Crippen molar-refractivity contribution in [3.05, 3.63) is 59.5 Å².